The molecular weight excluding hydrogens is 461 g/mol. The van der Waals surface area contributed by atoms with Crippen LogP contribution in [0.15, 0.2) is 76.6 Å². The number of fused-ring (bicyclic) bond motifs is 1. The minimum atomic E-state index is -3.87. The Balaban J connectivity index is 1.57. The second-order valence-corrected chi connectivity index (χ2v) is 9.74. The number of aryl methyl sites for hydroxylation is 1. The fourth-order valence-electron chi connectivity index (χ4n) is 2.87. The van der Waals surface area contributed by atoms with Crippen molar-refractivity contribution < 1.29 is 17.6 Å². The normalized spacial score (nSPS) is 12.3. The molecule has 0 bridgehead atoms. The number of thiazole rings is 1. The fourth-order valence-corrected chi connectivity index (χ4v) is 5.23. The molecule has 158 valence electrons. The summed E-state index contributed by atoms with van der Waals surface area (Å²) in [7, 11) is -2.06. The van der Waals surface area contributed by atoms with Crippen LogP contribution in [-0.4, -0.2) is 18.9 Å². The number of hydrogen-bond acceptors (Lipinski definition) is 4. The van der Waals surface area contributed by atoms with Gasteiger partial charge in [-0.05, 0) is 66.7 Å². The molecule has 1 N–H and O–H groups in total. The maximum absolute atomic E-state index is 13.0. The van der Waals surface area contributed by atoms with Crippen LogP contribution in [0.3, 0.4) is 0 Å². The zero-order valence-electron chi connectivity index (χ0n) is 16.0. The highest BCUT2D eigenvalue weighted by molar-refractivity contribution is 7.92. The van der Waals surface area contributed by atoms with Crippen molar-refractivity contribution >= 4 is 54.8 Å². The number of benzene rings is 3. The van der Waals surface area contributed by atoms with Crippen molar-refractivity contribution in [3.05, 3.63) is 87.9 Å². The quantitative estimate of drug-likeness (QED) is 0.469. The van der Waals surface area contributed by atoms with E-state index in [0.717, 1.165) is 22.3 Å². The molecule has 4 rings (SSSR count). The maximum atomic E-state index is 13.0. The highest BCUT2D eigenvalue weighted by Gasteiger charge is 2.15. The van der Waals surface area contributed by atoms with Gasteiger partial charge in [-0.2, -0.15) is 4.99 Å². The van der Waals surface area contributed by atoms with Crippen molar-refractivity contribution in [3.63, 3.8) is 0 Å². The van der Waals surface area contributed by atoms with E-state index in [9.17, 15) is 17.6 Å². The largest absolute Gasteiger partial charge is 0.319 e. The number of hydrogen-bond donors (Lipinski definition) is 1. The smallest absolute Gasteiger partial charge is 0.279 e. The van der Waals surface area contributed by atoms with Crippen LogP contribution in [0.25, 0.3) is 10.2 Å². The number of sulfonamides is 1. The highest BCUT2D eigenvalue weighted by Crippen LogP contribution is 2.21. The maximum Gasteiger partial charge on any atom is 0.279 e. The Kier molecular flexibility index (Phi) is 5.65. The first-order valence-electron chi connectivity index (χ1n) is 8.95. The SMILES string of the molecule is Cn1c(=NC(=O)c2ccc(NS(=O)(=O)c3ccc(F)cc3)cc2)sc2cc(Cl)ccc21. The number of halogens is 2. The summed E-state index contributed by atoms with van der Waals surface area (Å²) in [6.07, 6.45) is 0. The summed E-state index contributed by atoms with van der Waals surface area (Å²) in [6, 6.07) is 15.8. The lowest BCUT2D eigenvalue weighted by atomic mass is 10.2. The average Bonchev–Trinajstić information content (AvgIpc) is 3.03. The lowest BCUT2D eigenvalue weighted by Crippen LogP contribution is -2.14. The van der Waals surface area contributed by atoms with Crippen LogP contribution in [0.1, 0.15) is 10.4 Å². The van der Waals surface area contributed by atoms with E-state index in [1.807, 2.05) is 19.2 Å². The number of carbonyl (C=O) groups excluding carboxylic acids is 1. The minimum absolute atomic E-state index is 0.0681. The van der Waals surface area contributed by atoms with E-state index in [2.05, 4.69) is 9.71 Å². The molecule has 0 unspecified atom stereocenters. The summed E-state index contributed by atoms with van der Waals surface area (Å²) in [5.74, 6) is -0.984. The molecule has 1 aromatic heterocycles. The van der Waals surface area contributed by atoms with Crippen molar-refractivity contribution in [3.8, 4) is 0 Å². The topological polar surface area (TPSA) is 80.5 Å². The molecule has 0 aliphatic rings. The number of anilines is 1. The number of aromatic nitrogens is 1. The molecule has 6 nitrogen and oxygen atoms in total. The third-order valence-electron chi connectivity index (χ3n) is 4.48. The molecule has 1 amide bonds. The van der Waals surface area contributed by atoms with Crippen molar-refractivity contribution in [1.82, 2.24) is 4.57 Å². The van der Waals surface area contributed by atoms with Gasteiger partial charge in [-0.3, -0.25) is 9.52 Å². The van der Waals surface area contributed by atoms with Crippen molar-refractivity contribution in [2.75, 3.05) is 4.72 Å². The Morgan fingerprint density at radius 1 is 1.06 bits per heavy atom. The molecule has 0 saturated heterocycles. The van der Waals surface area contributed by atoms with Gasteiger partial charge in [0, 0.05) is 23.3 Å². The number of rotatable bonds is 4. The van der Waals surface area contributed by atoms with E-state index < -0.39 is 21.7 Å². The number of carbonyl (C=O) groups is 1. The summed E-state index contributed by atoms with van der Waals surface area (Å²) >= 11 is 7.37. The third-order valence-corrected chi connectivity index (χ3v) is 7.20. The van der Waals surface area contributed by atoms with E-state index in [1.165, 1.54) is 47.7 Å². The summed E-state index contributed by atoms with van der Waals surface area (Å²) < 4.78 is 42.9. The molecule has 31 heavy (non-hydrogen) atoms. The summed E-state index contributed by atoms with van der Waals surface area (Å²) in [4.78, 5) is 17.2. The molecule has 10 heteroatoms. The number of nitrogens with one attached hydrogen (secondary N) is 1. The van der Waals surface area contributed by atoms with Crippen molar-refractivity contribution in [2.45, 2.75) is 4.90 Å². The Hall–Kier alpha value is -3.01. The van der Waals surface area contributed by atoms with Crippen LogP contribution < -0.4 is 9.52 Å². The lowest BCUT2D eigenvalue weighted by molar-refractivity contribution is 0.0998. The van der Waals surface area contributed by atoms with Gasteiger partial charge in [0.05, 0.1) is 15.1 Å². The summed E-state index contributed by atoms with van der Waals surface area (Å²) in [5.41, 5.74) is 1.48. The van der Waals surface area contributed by atoms with Crippen LogP contribution in [0.4, 0.5) is 10.1 Å². The average molecular weight is 476 g/mol. The summed E-state index contributed by atoms with van der Waals surface area (Å²) in [6.45, 7) is 0. The van der Waals surface area contributed by atoms with Crippen molar-refractivity contribution in [2.24, 2.45) is 12.0 Å². The third kappa shape index (κ3) is 4.53. The van der Waals surface area contributed by atoms with E-state index >= 15 is 0 Å². The first-order valence-corrected chi connectivity index (χ1v) is 11.6. The Morgan fingerprint density at radius 2 is 1.74 bits per heavy atom. The zero-order valence-corrected chi connectivity index (χ0v) is 18.4. The molecule has 0 aliphatic carbocycles. The molecular formula is C21H15ClFN3O3S2. The van der Waals surface area contributed by atoms with Gasteiger partial charge in [-0.25, -0.2) is 12.8 Å². The lowest BCUT2D eigenvalue weighted by Gasteiger charge is -2.08. The zero-order chi connectivity index (χ0) is 22.2. The molecule has 0 saturated carbocycles. The molecule has 1 heterocycles. The predicted octanol–water partition coefficient (Wildman–Crippen LogP) is 4.57. The van der Waals surface area contributed by atoms with E-state index in [0.29, 0.717) is 15.4 Å². The first kappa shape index (κ1) is 21.2. The molecule has 0 spiro atoms. The van der Waals surface area contributed by atoms with Gasteiger partial charge in [0.1, 0.15) is 5.82 Å². The van der Waals surface area contributed by atoms with Crippen LogP contribution in [0.5, 0.6) is 0 Å². The van der Waals surface area contributed by atoms with Crippen LogP contribution in [0.2, 0.25) is 5.02 Å². The van der Waals surface area contributed by atoms with Crippen LogP contribution in [0, 0.1) is 5.82 Å². The van der Waals surface area contributed by atoms with Gasteiger partial charge in [-0.15, -0.1) is 0 Å². The standard InChI is InChI=1S/C21H15ClFN3O3S2/c1-26-18-11-4-14(22)12-19(18)30-21(26)24-20(27)13-2-7-16(8-3-13)25-31(28,29)17-9-5-15(23)6-10-17/h2-12,25H,1H3. The molecule has 0 fully saturated rings. The number of nitrogens with zero attached hydrogens (tertiary/aromatic N) is 2. The second-order valence-electron chi connectivity index (χ2n) is 6.61. The van der Waals surface area contributed by atoms with Gasteiger partial charge >= 0.3 is 0 Å². The van der Waals surface area contributed by atoms with Crippen molar-refractivity contribution in [1.29, 1.82) is 0 Å². The second kappa shape index (κ2) is 8.26. The minimum Gasteiger partial charge on any atom is -0.319 e. The molecule has 0 atom stereocenters. The summed E-state index contributed by atoms with van der Waals surface area (Å²) in [5, 5.41) is 0.603. The molecule has 4 aromatic rings. The predicted molar refractivity (Wildman–Crippen MR) is 119 cm³/mol. The van der Waals surface area contributed by atoms with Gasteiger partial charge in [0.15, 0.2) is 4.80 Å². The molecule has 0 aliphatic heterocycles. The highest BCUT2D eigenvalue weighted by atomic mass is 35.5. The van der Waals surface area contributed by atoms with Crippen LogP contribution in [-0.2, 0) is 17.1 Å². The van der Waals surface area contributed by atoms with Gasteiger partial charge in [0.25, 0.3) is 15.9 Å². The Bertz CT molecular complexity index is 1460. The molecule has 0 radical (unpaired) electrons. The Labute approximate surface area is 186 Å². The first-order chi connectivity index (χ1) is 14.7. The fraction of sp³-hybridized carbons (Fsp3) is 0.0476. The van der Waals surface area contributed by atoms with E-state index in [1.54, 1.807) is 10.6 Å². The molecule has 3 aromatic carbocycles. The number of amides is 1. The van der Waals surface area contributed by atoms with Gasteiger partial charge in [-0.1, -0.05) is 22.9 Å². The van der Waals surface area contributed by atoms with Gasteiger partial charge < -0.3 is 4.57 Å². The van der Waals surface area contributed by atoms with E-state index in [4.69, 9.17) is 11.6 Å². The monoisotopic (exact) mass is 475 g/mol. The van der Waals surface area contributed by atoms with Gasteiger partial charge in [0.2, 0.25) is 0 Å². The van der Waals surface area contributed by atoms with Crippen LogP contribution >= 0.6 is 22.9 Å². The van der Waals surface area contributed by atoms with E-state index in [-0.39, 0.29) is 10.6 Å². The Morgan fingerprint density at radius 3 is 2.42 bits per heavy atom.